The highest BCUT2D eigenvalue weighted by molar-refractivity contribution is 6.68. The Bertz CT molecular complexity index is 840. The largest absolute Gasteiger partial charge is 0.416 e. The van der Waals surface area contributed by atoms with Gasteiger partial charge in [-0.3, -0.25) is 4.79 Å². The Morgan fingerprint density at radius 2 is 1.67 bits per heavy atom. The van der Waals surface area contributed by atoms with Gasteiger partial charge >= 0.3 is 6.18 Å². The van der Waals surface area contributed by atoms with Gasteiger partial charge in [0.05, 0.1) is 16.3 Å². The van der Waals surface area contributed by atoms with Crippen molar-refractivity contribution in [3.8, 4) is 0 Å². The van der Waals surface area contributed by atoms with Crippen LogP contribution in [-0.2, 0) is 6.18 Å². The van der Waals surface area contributed by atoms with E-state index >= 15 is 0 Å². The molecule has 0 saturated heterocycles. The van der Waals surface area contributed by atoms with E-state index in [1.165, 1.54) is 12.1 Å². The number of benzene rings is 2. The van der Waals surface area contributed by atoms with Gasteiger partial charge in [-0.05, 0) is 36.4 Å². The monoisotopic (exact) mass is 478 g/mol. The van der Waals surface area contributed by atoms with Gasteiger partial charge in [0.15, 0.2) is 0 Å². The Labute approximate surface area is 177 Å². The Morgan fingerprint density at radius 3 is 2.22 bits per heavy atom. The van der Waals surface area contributed by atoms with E-state index in [1.807, 2.05) is 0 Å². The molecule has 0 aliphatic heterocycles. The highest BCUT2D eigenvalue weighted by Crippen LogP contribution is 2.36. The third-order valence-corrected chi connectivity index (χ3v) is 4.50. The third kappa shape index (κ3) is 6.22. The van der Waals surface area contributed by atoms with Crippen LogP contribution < -0.4 is 10.6 Å². The van der Waals surface area contributed by atoms with Crippen molar-refractivity contribution < 1.29 is 18.0 Å². The standard InChI is InChI=1S/C16H10Cl5F3N2O/c17-10-3-1-2-8(6-10)13(27)26-14(15(19,20)21)25-12-7-9(16(22,23)24)4-5-11(12)18/h1-7,14,25H,(H,26,27). The molecule has 0 heterocycles. The van der Waals surface area contributed by atoms with Gasteiger partial charge in [-0.1, -0.05) is 64.1 Å². The van der Waals surface area contributed by atoms with Crippen LogP contribution in [0.1, 0.15) is 15.9 Å². The predicted octanol–water partition coefficient (Wildman–Crippen LogP) is 6.55. The van der Waals surface area contributed by atoms with Crippen LogP contribution in [0.5, 0.6) is 0 Å². The maximum atomic E-state index is 12.9. The molecule has 2 rings (SSSR count). The Morgan fingerprint density at radius 1 is 1.00 bits per heavy atom. The van der Waals surface area contributed by atoms with Gasteiger partial charge < -0.3 is 10.6 Å². The van der Waals surface area contributed by atoms with Crippen molar-refractivity contribution in [2.75, 3.05) is 5.32 Å². The zero-order valence-corrected chi connectivity index (χ0v) is 16.8. The van der Waals surface area contributed by atoms with E-state index in [1.54, 1.807) is 12.1 Å². The molecule has 0 radical (unpaired) electrons. The molecule has 0 aromatic heterocycles. The average molecular weight is 481 g/mol. The summed E-state index contributed by atoms with van der Waals surface area (Å²) in [4.78, 5) is 12.4. The fraction of sp³-hybridized carbons (Fsp3) is 0.188. The van der Waals surface area contributed by atoms with Crippen molar-refractivity contribution >= 4 is 69.6 Å². The molecular weight excluding hydrogens is 470 g/mol. The Balaban J connectivity index is 2.29. The predicted molar refractivity (Wildman–Crippen MR) is 103 cm³/mol. The molecule has 2 aromatic rings. The molecule has 0 aliphatic rings. The zero-order valence-electron chi connectivity index (χ0n) is 13.1. The lowest BCUT2D eigenvalue weighted by atomic mass is 10.2. The molecule has 0 spiro atoms. The van der Waals surface area contributed by atoms with E-state index in [4.69, 9.17) is 58.0 Å². The molecule has 0 aliphatic carbocycles. The number of hydrogen-bond donors (Lipinski definition) is 2. The van der Waals surface area contributed by atoms with Crippen LogP contribution in [0.2, 0.25) is 10.0 Å². The lowest BCUT2D eigenvalue weighted by molar-refractivity contribution is -0.137. The summed E-state index contributed by atoms with van der Waals surface area (Å²) in [6.07, 6.45) is -5.99. The molecule has 2 N–H and O–H groups in total. The van der Waals surface area contributed by atoms with Crippen molar-refractivity contribution in [3.05, 3.63) is 63.6 Å². The van der Waals surface area contributed by atoms with Crippen molar-refractivity contribution in [1.29, 1.82) is 0 Å². The van der Waals surface area contributed by atoms with Crippen molar-refractivity contribution in [2.45, 2.75) is 16.1 Å². The van der Waals surface area contributed by atoms with E-state index in [0.29, 0.717) is 5.02 Å². The Kier molecular flexibility index (Phi) is 7.03. The second kappa shape index (κ2) is 8.53. The highest BCUT2D eigenvalue weighted by atomic mass is 35.6. The third-order valence-electron chi connectivity index (χ3n) is 3.28. The van der Waals surface area contributed by atoms with Crippen LogP contribution in [0.4, 0.5) is 18.9 Å². The number of hydrogen-bond acceptors (Lipinski definition) is 2. The van der Waals surface area contributed by atoms with Crippen LogP contribution in [0.25, 0.3) is 0 Å². The summed E-state index contributed by atoms with van der Waals surface area (Å²) in [6, 6.07) is 8.54. The molecule has 3 nitrogen and oxygen atoms in total. The summed E-state index contributed by atoms with van der Waals surface area (Å²) in [6.45, 7) is 0. The topological polar surface area (TPSA) is 41.1 Å². The van der Waals surface area contributed by atoms with Crippen molar-refractivity contribution in [2.24, 2.45) is 0 Å². The average Bonchev–Trinajstić information content (AvgIpc) is 2.54. The molecule has 1 unspecified atom stereocenters. The van der Waals surface area contributed by atoms with Crippen LogP contribution in [-0.4, -0.2) is 15.9 Å². The highest BCUT2D eigenvalue weighted by Gasteiger charge is 2.36. The first-order valence-corrected chi connectivity index (χ1v) is 9.03. The fourth-order valence-corrected chi connectivity index (χ4v) is 2.70. The number of carbonyl (C=O) groups excluding carboxylic acids is 1. The number of halogens is 8. The summed E-state index contributed by atoms with van der Waals surface area (Å²) in [5.41, 5.74) is -0.966. The van der Waals surface area contributed by atoms with E-state index in [-0.39, 0.29) is 16.3 Å². The lowest BCUT2D eigenvalue weighted by Crippen LogP contribution is -2.49. The molecule has 0 bridgehead atoms. The van der Waals surface area contributed by atoms with Gasteiger partial charge in [0.25, 0.3) is 5.91 Å². The number of carbonyl (C=O) groups is 1. The molecule has 0 saturated carbocycles. The van der Waals surface area contributed by atoms with E-state index in [2.05, 4.69) is 10.6 Å². The molecule has 2 aromatic carbocycles. The molecule has 0 fully saturated rings. The zero-order chi connectivity index (χ0) is 20.4. The summed E-state index contributed by atoms with van der Waals surface area (Å²) in [5, 5.41) is 5.16. The van der Waals surface area contributed by atoms with Gasteiger partial charge in [-0.15, -0.1) is 0 Å². The quantitative estimate of drug-likeness (QED) is 0.385. The second-order valence-electron chi connectivity index (χ2n) is 5.30. The minimum absolute atomic E-state index is 0.0562. The van der Waals surface area contributed by atoms with E-state index in [9.17, 15) is 18.0 Å². The van der Waals surface area contributed by atoms with Crippen molar-refractivity contribution in [3.63, 3.8) is 0 Å². The normalized spacial score (nSPS) is 13.2. The van der Waals surface area contributed by atoms with E-state index < -0.39 is 27.6 Å². The summed E-state index contributed by atoms with van der Waals surface area (Å²) in [7, 11) is 0. The van der Waals surface area contributed by atoms with E-state index in [0.717, 1.165) is 18.2 Å². The first kappa shape index (κ1) is 22.2. The van der Waals surface area contributed by atoms with Crippen LogP contribution in [0, 0.1) is 0 Å². The number of anilines is 1. The molecule has 27 heavy (non-hydrogen) atoms. The first-order chi connectivity index (χ1) is 12.4. The number of amides is 1. The molecule has 146 valence electrons. The minimum atomic E-state index is -4.60. The summed E-state index contributed by atoms with van der Waals surface area (Å²) < 4.78 is 36.6. The maximum Gasteiger partial charge on any atom is 0.416 e. The lowest BCUT2D eigenvalue weighted by Gasteiger charge is -2.28. The molecule has 11 heteroatoms. The van der Waals surface area contributed by atoms with Gasteiger partial charge in [-0.2, -0.15) is 13.2 Å². The van der Waals surface area contributed by atoms with Crippen LogP contribution in [0.15, 0.2) is 42.5 Å². The minimum Gasteiger partial charge on any atom is -0.361 e. The van der Waals surface area contributed by atoms with Gasteiger partial charge in [-0.25, -0.2) is 0 Å². The molecular formula is C16H10Cl5F3N2O. The Hall–Kier alpha value is -1.05. The number of rotatable bonds is 4. The SMILES string of the molecule is O=C(NC(Nc1cc(C(F)(F)F)ccc1Cl)C(Cl)(Cl)Cl)c1cccc(Cl)c1. The summed E-state index contributed by atoms with van der Waals surface area (Å²) >= 11 is 29.3. The van der Waals surface area contributed by atoms with Crippen LogP contribution in [0.3, 0.4) is 0 Å². The van der Waals surface area contributed by atoms with Crippen molar-refractivity contribution in [1.82, 2.24) is 5.32 Å². The smallest absolute Gasteiger partial charge is 0.361 e. The van der Waals surface area contributed by atoms with Crippen LogP contribution >= 0.6 is 58.0 Å². The van der Waals surface area contributed by atoms with Gasteiger partial charge in [0.1, 0.15) is 6.17 Å². The fourth-order valence-electron chi connectivity index (χ4n) is 2.01. The first-order valence-electron chi connectivity index (χ1n) is 7.14. The van der Waals surface area contributed by atoms with Gasteiger partial charge in [0, 0.05) is 10.6 Å². The number of alkyl halides is 6. The van der Waals surface area contributed by atoms with Gasteiger partial charge in [0.2, 0.25) is 3.79 Å². The molecule has 1 amide bonds. The number of nitrogens with one attached hydrogen (secondary N) is 2. The summed E-state index contributed by atoms with van der Waals surface area (Å²) in [5.74, 6) is -0.663. The second-order valence-corrected chi connectivity index (χ2v) is 8.51. The maximum absolute atomic E-state index is 12.9. The molecule has 1 atom stereocenters.